The number of carbonyl (C=O) groups is 1. The molecule has 3 aromatic rings. The number of ether oxygens (including phenoxy) is 2. The fourth-order valence-corrected chi connectivity index (χ4v) is 3.82. The van der Waals surface area contributed by atoms with Crippen LogP contribution in [0.3, 0.4) is 0 Å². The second-order valence-electron chi connectivity index (χ2n) is 6.54. The molecule has 0 fully saturated rings. The minimum absolute atomic E-state index is 0.0800. The molecule has 0 aliphatic carbocycles. The highest BCUT2D eigenvalue weighted by Crippen LogP contribution is 2.25. The molecule has 1 N–H and O–H groups in total. The monoisotopic (exact) mass is 396 g/mol. The van der Waals surface area contributed by atoms with Crippen LogP contribution in [0.5, 0.6) is 5.75 Å². The summed E-state index contributed by atoms with van der Waals surface area (Å²) in [6.45, 7) is 5.33. The van der Waals surface area contributed by atoms with Crippen LogP contribution < -0.4 is 10.1 Å². The van der Waals surface area contributed by atoms with Crippen molar-refractivity contribution >= 4 is 17.3 Å². The standard InChI is InChI=1S/C22H24N2O3S/c1-15-9-17(10-16(2)21(15)27-13-20(25)26-3)11-23-12-19-14-28-22(24-19)18-7-5-4-6-8-18/h4-10,14,23H,11-13H2,1-3H3. The highest BCUT2D eigenvalue weighted by Gasteiger charge is 2.10. The van der Waals surface area contributed by atoms with Crippen LogP contribution in [-0.4, -0.2) is 24.7 Å². The molecule has 146 valence electrons. The lowest BCUT2D eigenvalue weighted by Gasteiger charge is -2.13. The molecule has 0 radical (unpaired) electrons. The lowest BCUT2D eigenvalue weighted by atomic mass is 10.1. The number of nitrogens with zero attached hydrogens (tertiary/aromatic N) is 1. The van der Waals surface area contributed by atoms with Gasteiger partial charge in [-0.05, 0) is 30.5 Å². The van der Waals surface area contributed by atoms with E-state index in [1.165, 1.54) is 12.7 Å². The molecule has 0 atom stereocenters. The van der Waals surface area contributed by atoms with Gasteiger partial charge in [0.05, 0.1) is 12.8 Å². The Labute approximate surface area is 169 Å². The van der Waals surface area contributed by atoms with Gasteiger partial charge in [-0.1, -0.05) is 42.5 Å². The van der Waals surface area contributed by atoms with E-state index in [4.69, 9.17) is 9.72 Å². The van der Waals surface area contributed by atoms with Crippen molar-refractivity contribution in [3.8, 4) is 16.3 Å². The quantitative estimate of drug-likeness (QED) is 0.576. The number of hydrogen-bond acceptors (Lipinski definition) is 6. The smallest absolute Gasteiger partial charge is 0.343 e. The molecule has 3 rings (SSSR count). The molecular formula is C22H24N2O3S. The number of nitrogens with one attached hydrogen (secondary N) is 1. The van der Waals surface area contributed by atoms with E-state index in [1.807, 2.05) is 32.0 Å². The van der Waals surface area contributed by atoms with Gasteiger partial charge in [-0.25, -0.2) is 9.78 Å². The zero-order valence-corrected chi connectivity index (χ0v) is 17.1. The summed E-state index contributed by atoms with van der Waals surface area (Å²) in [5, 5.41) is 6.58. The van der Waals surface area contributed by atoms with Crippen molar-refractivity contribution < 1.29 is 14.3 Å². The fraction of sp³-hybridized carbons (Fsp3) is 0.273. The minimum atomic E-state index is -0.386. The van der Waals surface area contributed by atoms with Gasteiger partial charge in [0.1, 0.15) is 10.8 Å². The Morgan fingerprint density at radius 1 is 1.11 bits per heavy atom. The molecule has 0 bridgehead atoms. The van der Waals surface area contributed by atoms with E-state index < -0.39 is 0 Å². The molecule has 0 unspecified atom stereocenters. The van der Waals surface area contributed by atoms with E-state index in [2.05, 4.69) is 39.7 Å². The number of benzene rings is 2. The largest absolute Gasteiger partial charge is 0.481 e. The maximum atomic E-state index is 11.3. The van der Waals surface area contributed by atoms with Crippen molar-refractivity contribution in [1.82, 2.24) is 10.3 Å². The lowest BCUT2D eigenvalue weighted by molar-refractivity contribution is -0.142. The molecule has 0 aliphatic heterocycles. The number of rotatable bonds is 8. The Morgan fingerprint density at radius 2 is 1.82 bits per heavy atom. The predicted octanol–water partition coefficient (Wildman–Crippen LogP) is 4.27. The van der Waals surface area contributed by atoms with E-state index in [1.54, 1.807) is 11.3 Å². The second kappa shape index (κ2) is 9.48. The van der Waals surface area contributed by atoms with Gasteiger partial charge in [-0.2, -0.15) is 0 Å². The fourth-order valence-electron chi connectivity index (χ4n) is 3.00. The first-order valence-electron chi connectivity index (χ1n) is 9.07. The zero-order chi connectivity index (χ0) is 19.9. The average Bonchev–Trinajstić information content (AvgIpc) is 3.17. The van der Waals surface area contributed by atoms with Gasteiger partial charge in [-0.3, -0.25) is 0 Å². The number of hydrogen-bond donors (Lipinski definition) is 1. The van der Waals surface area contributed by atoms with Crippen LogP contribution in [0, 0.1) is 13.8 Å². The molecule has 6 heteroatoms. The number of methoxy groups -OCH3 is 1. The number of aryl methyl sites for hydroxylation is 2. The van der Waals surface area contributed by atoms with Gasteiger partial charge < -0.3 is 14.8 Å². The maximum absolute atomic E-state index is 11.3. The number of carbonyl (C=O) groups excluding carboxylic acids is 1. The molecular weight excluding hydrogens is 372 g/mol. The SMILES string of the molecule is COC(=O)COc1c(C)cc(CNCc2csc(-c3ccccc3)n2)cc1C. The third-order valence-electron chi connectivity index (χ3n) is 4.29. The lowest BCUT2D eigenvalue weighted by Crippen LogP contribution is -2.15. The van der Waals surface area contributed by atoms with Crippen LogP contribution in [0.25, 0.3) is 10.6 Å². The van der Waals surface area contributed by atoms with Gasteiger partial charge in [-0.15, -0.1) is 11.3 Å². The first-order valence-corrected chi connectivity index (χ1v) is 9.95. The molecule has 0 saturated heterocycles. The Bertz CT molecular complexity index is 915. The summed E-state index contributed by atoms with van der Waals surface area (Å²) < 4.78 is 10.2. The molecule has 0 spiro atoms. The van der Waals surface area contributed by atoms with Crippen molar-refractivity contribution in [3.63, 3.8) is 0 Å². The van der Waals surface area contributed by atoms with E-state index in [-0.39, 0.29) is 12.6 Å². The van der Waals surface area contributed by atoms with Crippen molar-refractivity contribution in [2.45, 2.75) is 26.9 Å². The van der Waals surface area contributed by atoms with E-state index in [0.29, 0.717) is 6.54 Å². The molecule has 1 heterocycles. The van der Waals surface area contributed by atoms with Gasteiger partial charge >= 0.3 is 5.97 Å². The van der Waals surface area contributed by atoms with Crippen LogP contribution in [0.1, 0.15) is 22.4 Å². The number of aromatic nitrogens is 1. The second-order valence-corrected chi connectivity index (χ2v) is 7.40. The molecule has 1 aromatic heterocycles. The van der Waals surface area contributed by atoms with Crippen LogP contribution in [0.2, 0.25) is 0 Å². The zero-order valence-electron chi connectivity index (χ0n) is 16.3. The highest BCUT2D eigenvalue weighted by molar-refractivity contribution is 7.13. The predicted molar refractivity (Wildman–Crippen MR) is 112 cm³/mol. The van der Waals surface area contributed by atoms with Crippen LogP contribution in [0.4, 0.5) is 0 Å². The first kappa shape index (κ1) is 20.0. The molecule has 5 nitrogen and oxygen atoms in total. The molecule has 28 heavy (non-hydrogen) atoms. The van der Waals surface area contributed by atoms with Crippen molar-refractivity contribution in [2.75, 3.05) is 13.7 Å². The summed E-state index contributed by atoms with van der Waals surface area (Å²) >= 11 is 1.66. The van der Waals surface area contributed by atoms with E-state index in [0.717, 1.165) is 39.7 Å². The summed E-state index contributed by atoms with van der Waals surface area (Å²) in [7, 11) is 1.35. The van der Waals surface area contributed by atoms with Crippen molar-refractivity contribution in [1.29, 1.82) is 0 Å². The molecule has 0 aliphatic rings. The third kappa shape index (κ3) is 5.18. The van der Waals surface area contributed by atoms with Crippen LogP contribution >= 0.6 is 11.3 Å². The summed E-state index contributed by atoms with van der Waals surface area (Å²) in [6.07, 6.45) is 0. The van der Waals surface area contributed by atoms with Crippen LogP contribution in [-0.2, 0) is 22.6 Å². The number of esters is 1. The normalized spacial score (nSPS) is 10.7. The Morgan fingerprint density at radius 3 is 2.50 bits per heavy atom. The highest BCUT2D eigenvalue weighted by atomic mass is 32.1. The Kier molecular flexibility index (Phi) is 6.79. The Balaban J connectivity index is 1.56. The summed E-state index contributed by atoms with van der Waals surface area (Å²) in [4.78, 5) is 16.0. The summed E-state index contributed by atoms with van der Waals surface area (Å²) in [5.74, 6) is 0.351. The van der Waals surface area contributed by atoms with Gasteiger partial charge in [0.2, 0.25) is 0 Å². The van der Waals surface area contributed by atoms with Gasteiger partial charge in [0.15, 0.2) is 6.61 Å². The Hall–Kier alpha value is -2.70. The topological polar surface area (TPSA) is 60.5 Å². The average molecular weight is 397 g/mol. The maximum Gasteiger partial charge on any atom is 0.343 e. The summed E-state index contributed by atoms with van der Waals surface area (Å²) in [6, 6.07) is 14.4. The summed E-state index contributed by atoms with van der Waals surface area (Å²) in [5.41, 5.74) is 5.35. The van der Waals surface area contributed by atoms with Gasteiger partial charge in [0, 0.05) is 24.0 Å². The number of thiazole rings is 1. The molecule has 2 aromatic carbocycles. The third-order valence-corrected chi connectivity index (χ3v) is 5.23. The minimum Gasteiger partial charge on any atom is -0.481 e. The van der Waals surface area contributed by atoms with E-state index >= 15 is 0 Å². The molecule has 0 saturated carbocycles. The first-order chi connectivity index (χ1) is 13.6. The van der Waals surface area contributed by atoms with Crippen LogP contribution in [0.15, 0.2) is 47.8 Å². The molecule has 0 amide bonds. The van der Waals surface area contributed by atoms with Crippen molar-refractivity contribution in [3.05, 3.63) is 70.2 Å². The van der Waals surface area contributed by atoms with Crippen molar-refractivity contribution in [2.24, 2.45) is 0 Å². The van der Waals surface area contributed by atoms with E-state index in [9.17, 15) is 4.79 Å². The van der Waals surface area contributed by atoms with Gasteiger partial charge in [0.25, 0.3) is 0 Å².